The third-order valence-electron chi connectivity index (χ3n) is 2.05. The van der Waals surface area contributed by atoms with E-state index in [0.29, 0.717) is 13.2 Å². The van der Waals surface area contributed by atoms with Crippen molar-refractivity contribution in [1.29, 1.82) is 0 Å². The number of hydrogen-bond acceptors (Lipinski definition) is 3. The molecule has 0 rings (SSSR count). The van der Waals surface area contributed by atoms with E-state index in [0.717, 1.165) is 25.1 Å². The largest absolute Gasteiger partial charge is 0.465 e. The molecule has 3 nitrogen and oxygen atoms in total. The van der Waals surface area contributed by atoms with E-state index in [9.17, 15) is 4.79 Å². The van der Waals surface area contributed by atoms with Gasteiger partial charge in [0.05, 0.1) is 13.2 Å². The molecule has 0 aromatic heterocycles. The molecule has 82 valence electrons. The minimum atomic E-state index is -0.154. The lowest BCUT2D eigenvalue weighted by Gasteiger charge is -2.19. The van der Waals surface area contributed by atoms with Crippen molar-refractivity contribution in [2.24, 2.45) is 0 Å². The summed E-state index contributed by atoms with van der Waals surface area (Å²) in [5.74, 6) is -0.154. The zero-order valence-corrected chi connectivity index (χ0v) is 9.51. The van der Waals surface area contributed by atoms with Crippen LogP contribution in [-0.4, -0.2) is 37.1 Å². The molecule has 14 heavy (non-hydrogen) atoms. The van der Waals surface area contributed by atoms with Crippen molar-refractivity contribution in [3.8, 4) is 0 Å². The Balaban J connectivity index is 3.89. The van der Waals surface area contributed by atoms with Crippen LogP contribution in [0.5, 0.6) is 0 Å². The number of carbonyl (C=O) groups is 1. The highest BCUT2D eigenvalue weighted by Gasteiger charge is 2.09. The van der Waals surface area contributed by atoms with Gasteiger partial charge in [-0.05, 0) is 19.9 Å². The van der Waals surface area contributed by atoms with E-state index in [-0.39, 0.29) is 5.97 Å². The lowest BCUT2D eigenvalue weighted by Crippen LogP contribution is -2.32. The van der Waals surface area contributed by atoms with Gasteiger partial charge < -0.3 is 4.74 Å². The summed E-state index contributed by atoms with van der Waals surface area (Å²) < 4.78 is 4.88. The number of carbonyl (C=O) groups excluding carboxylic acids is 1. The second kappa shape index (κ2) is 7.56. The van der Waals surface area contributed by atoms with E-state index in [4.69, 9.17) is 4.74 Å². The predicted octanol–water partition coefficient (Wildman–Crippen LogP) is 1.84. The van der Waals surface area contributed by atoms with Gasteiger partial charge in [-0.15, -0.1) is 0 Å². The third kappa shape index (κ3) is 5.75. The highest BCUT2D eigenvalue weighted by Crippen LogP contribution is 2.01. The monoisotopic (exact) mass is 199 g/mol. The molecule has 0 radical (unpaired) electrons. The van der Waals surface area contributed by atoms with Crippen LogP contribution in [0.25, 0.3) is 0 Å². The van der Waals surface area contributed by atoms with Crippen LogP contribution in [0.1, 0.15) is 27.2 Å². The molecule has 0 amide bonds. The van der Waals surface area contributed by atoms with Crippen LogP contribution in [0.2, 0.25) is 0 Å². The lowest BCUT2D eigenvalue weighted by atomic mass is 10.2. The number of esters is 1. The van der Waals surface area contributed by atoms with Gasteiger partial charge in [0.15, 0.2) is 0 Å². The Labute approximate surface area is 86.7 Å². The van der Waals surface area contributed by atoms with Gasteiger partial charge in [0.1, 0.15) is 0 Å². The Morgan fingerprint density at radius 3 is 2.36 bits per heavy atom. The van der Waals surface area contributed by atoms with E-state index in [1.54, 1.807) is 0 Å². The summed E-state index contributed by atoms with van der Waals surface area (Å²) in [6.45, 7) is 12.3. The van der Waals surface area contributed by atoms with Crippen LogP contribution in [0.4, 0.5) is 0 Å². The Morgan fingerprint density at radius 1 is 1.29 bits per heavy atom. The second-order valence-electron chi connectivity index (χ2n) is 3.21. The van der Waals surface area contributed by atoms with E-state index in [1.165, 1.54) is 0 Å². The van der Waals surface area contributed by atoms with Crippen LogP contribution in [0, 0.1) is 0 Å². The smallest absolute Gasteiger partial charge is 0.320 e. The lowest BCUT2D eigenvalue weighted by molar-refractivity contribution is -0.144. The minimum absolute atomic E-state index is 0.154. The maximum atomic E-state index is 11.2. The summed E-state index contributed by atoms with van der Waals surface area (Å²) in [5, 5.41) is 0. The molecule has 0 aromatic carbocycles. The molecule has 0 fully saturated rings. The van der Waals surface area contributed by atoms with E-state index < -0.39 is 0 Å². The van der Waals surface area contributed by atoms with Crippen molar-refractivity contribution in [3.63, 3.8) is 0 Å². The average molecular weight is 199 g/mol. The molecule has 0 aliphatic rings. The second-order valence-corrected chi connectivity index (χ2v) is 3.21. The van der Waals surface area contributed by atoms with Gasteiger partial charge >= 0.3 is 5.97 Å². The number of rotatable bonds is 7. The third-order valence-corrected chi connectivity index (χ3v) is 2.05. The molecule has 0 N–H and O–H groups in total. The predicted molar refractivity (Wildman–Crippen MR) is 58.2 cm³/mol. The first kappa shape index (κ1) is 13.2. The summed E-state index contributed by atoms with van der Waals surface area (Å²) in [5.41, 5.74) is 1.15. The van der Waals surface area contributed by atoms with Crippen LogP contribution >= 0.6 is 0 Å². The van der Waals surface area contributed by atoms with Crippen LogP contribution in [0.3, 0.4) is 0 Å². The number of ether oxygens (including phenoxy) is 1. The molecule has 3 heteroatoms. The Morgan fingerprint density at radius 2 is 1.93 bits per heavy atom. The fourth-order valence-corrected chi connectivity index (χ4v) is 1.10. The first-order chi connectivity index (χ1) is 6.63. The quantitative estimate of drug-likeness (QED) is 0.463. The van der Waals surface area contributed by atoms with E-state index in [1.807, 2.05) is 18.7 Å². The summed E-state index contributed by atoms with van der Waals surface area (Å²) >= 11 is 0. The Hall–Kier alpha value is -0.830. The molecular formula is C11H21NO2. The van der Waals surface area contributed by atoms with Crippen molar-refractivity contribution >= 4 is 5.97 Å². The maximum absolute atomic E-state index is 11.2. The van der Waals surface area contributed by atoms with Crippen molar-refractivity contribution in [1.82, 2.24) is 4.90 Å². The van der Waals surface area contributed by atoms with Crippen LogP contribution < -0.4 is 0 Å². The van der Waals surface area contributed by atoms with Gasteiger partial charge in [0.2, 0.25) is 0 Å². The van der Waals surface area contributed by atoms with E-state index >= 15 is 0 Å². The van der Waals surface area contributed by atoms with Gasteiger partial charge in [-0.1, -0.05) is 26.0 Å². The summed E-state index contributed by atoms with van der Waals surface area (Å²) in [6.07, 6.45) is 0.958. The molecule has 0 aliphatic heterocycles. The molecule has 0 saturated heterocycles. The molecule has 0 spiro atoms. The van der Waals surface area contributed by atoms with Crippen molar-refractivity contribution in [2.75, 3.05) is 26.2 Å². The molecule has 0 unspecified atom stereocenters. The zero-order chi connectivity index (χ0) is 11.0. The maximum Gasteiger partial charge on any atom is 0.320 e. The summed E-state index contributed by atoms with van der Waals surface area (Å²) in [7, 11) is 0. The molecule has 0 aromatic rings. The molecule has 0 atom stereocenters. The SMILES string of the molecule is C=C(CC)CN(CC)CC(=O)OCC. The van der Waals surface area contributed by atoms with Crippen molar-refractivity contribution in [2.45, 2.75) is 27.2 Å². The topological polar surface area (TPSA) is 29.5 Å². The zero-order valence-electron chi connectivity index (χ0n) is 9.51. The number of likely N-dealkylation sites (N-methyl/N-ethyl adjacent to an activating group) is 1. The molecule has 0 bridgehead atoms. The van der Waals surface area contributed by atoms with Crippen molar-refractivity contribution < 1.29 is 9.53 Å². The fourth-order valence-electron chi connectivity index (χ4n) is 1.10. The van der Waals surface area contributed by atoms with Gasteiger partial charge in [-0.25, -0.2) is 0 Å². The minimum Gasteiger partial charge on any atom is -0.465 e. The molecule has 0 aliphatic carbocycles. The molecule has 0 saturated carbocycles. The Kier molecular flexibility index (Phi) is 7.11. The standard InChI is InChI=1S/C11H21NO2/c1-5-10(4)8-12(6-2)9-11(13)14-7-3/h4-9H2,1-3H3. The first-order valence-corrected chi connectivity index (χ1v) is 5.18. The normalized spacial score (nSPS) is 10.3. The summed E-state index contributed by atoms with van der Waals surface area (Å²) in [4.78, 5) is 13.2. The van der Waals surface area contributed by atoms with Gasteiger partial charge in [0.25, 0.3) is 0 Å². The van der Waals surface area contributed by atoms with Gasteiger partial charge in [-0.2, -0.15) is 0 Å². The molecular weight excluding hydrogens is 178 g/mol. The van der Waals surface area contributed by atoms with Gasteiger partial charge in [0, 0.05) is 6.54 Å². The van der Waals surface area contributed by atoms with Crippen molar-refractivity contribution in [3.05, 3.63) is 12.2 Å². The van der Waals surface area contributed by atoms with Crippen LogP contribution in [-0.2, 0) is 9.53 Å². The highest BCUT2D eigenvalue weighted by molar-refractivity contribution is 5.71. The van der Waals surface area contributed by atoms with Crippen LogP contribution in [0.15, 0.2) is 12.2 Å². The highest BCUT2D eigenvalue weighted by atomic mass is 16.5. The van der Waals surface area contributed by atoms with Gasteiger partial charge in [-0.3, -0.25) is 9.69 Å². The molecule has 0 heterocycles. The van der Waals surface area contributed by atoms with E-state index in [2.05, 4.69) is 13.5 Å². The number of hydrogen-bond donors (Lipinski definition) is 0. The Bertz CT molecular complexity index is 190. The average Bonchev–Trinajstić information content (AvgIpc) is 2.16. The number of nitrogens with zero attached hydrogens (tertiary/aromatic N) is 1. The first-order valence-electron chi connectivity index (χ1n) is 5.18. The summed E-state index contributed by atoms with van der Waals surface area (Å²) in [6, 6.07) is 0. The fraction of sp³-hybridized carbons (Fsp3) is 0.727.